The van der Waals surface area contributed by atoms with Crippen LogP contribution < -0.4 is 5.56 Å². The number of H-pyrrole nitrogens is 1. The van der Waals surface area contributed by atoms with Crippen LogP contribution in [0.1, 0.15) is 65.4 Å². The summed E-state index contributed by atoms with van der Waals surface area (Å²) in [6.07, 6.45) is 2.24. The Labute approximate surface area is 171 Å². The number of fused-ring (bicyclic) bond motifs is 1. The third-order valence-electron chi connectivity index (χ3n) is 5.40. The van der Waals surface area contributed by atoms with Gasteiger partial charge in [0.25, 0.3) is 5.56 Å². The van der Waals surface area contributed by atoms with Crippen molar-refractivity contribution in [2.75, 3.05) is 13.2 Å². The zero-order valence-electron chi connectivity index (χ0n) is 16.2. The minimum Gasteiger partial charge on any atom is -0.462 e. The van der Waals surface area contributed by atoms with Gasteiger partial charge in [0.15, 0.2) is 0 Å². The number of likely N-dealkylation sites (tertiary alicyclic amines) is 1. The molecule has 0 aliphatic carbocycles. The minimum atomic E-state index is -0.394. The van der Waals surface area contributed by atoms with E-state index in [1.54, 1.807) is 25.2 Å². The lowest BCUT2D eigenvalue weighted by molar-refractivity contribution is 0.0531. The summed E-state index contributed by atoms with van der Waals surface area (Å²) in [7, 11) is 0. The summed E-state index contributed by atoms with van der Waals surface area (Å²) in [6.45, 7) is 6.91. The van der Waals surface area contributed by atoms with E-state index < -0.39 is 5.97 Å². The molecule has 3 aromatic heterocycles. The molecular weight excluding hydrogens is 394 g/mol. The SMILES string of the molecule is CCOC(=O)c1sc2nc(C(C)N3CCCC3c3ccsc3)[nH]c(=O)c2c1C. The van der Waals surface area contributed by atoms with Crippen LogP contribution in [0.25, 0.3) is 10.2 Å². The van der Waals surface area contributed by atoms with E-state index >= 15 is 0 Å². The van der Waals surface area contributed by atoms with Gasteiger partial charge in [-0.1, -0.05) is 0 Å². The topological polar surface area (TPSA) is 75.3 Å². The lowest BCUT2D eigenvalue weighted by atomic mass is 10.1. The smallest absolute Gasteiger partial charge is 0.348 e. The second kappa shape index (κ2) is 7.77. The first-order chi connectivity index (χ1) is 13.5. The number of hydrogen-bond donors (Lipinski definition) is 1. The van der Waals surface area contributed by atoms with E-state index in [4.69, 9.17) is 9.72 Å². The Bertz CT molecular complexity index is 1050. The third-order valence-corrected chi connectivity index (χ3v) is 7.26. The molecule has 1 N–H and O–H groups in total. The van der Waals surface area contributed by atoms with Gasteiger partial charge in [-0.3, -0.25) is 9.69 Å². The van der Waals surface area contributed by atoms with Crippen LogP contribution in [0.4, 0.5) is 0 Å². The average molecular weight is 418 g/mol. The molecule has 4 heterocycles. The zero-order chi connectivity index (χ0) is 19.8. The van der Waals surface area contributed by atoms with E-state index in [2.05, 4.69) is 33.6 Å². The summed E-state index contributed by atoms with van der Waals surface area (Å²) in [5.74, 6) is 0.255. The van der Waals surface area contributed by atoms with Crippen molar-refractivity contribution < 1.29 is 9.53 Å². The molecule has 4 rings (SSSR count). The second-order valence-electron chi connectivity index (χ2n) is 7.04. The second-order valence-corrected chi connectivity index (χ2v) is 8.82. The van der Waals surface area contributed by atoms with Crippen LogP contribution in [-0.2, 0) is 4.74 Å². The van der Waals surface area contributed by atoms with Crippen LogP contribution in [0, 0.1) is 6.92 Å². The number of hydrogen-bond acceptors (Lipinski definition) is 7. The number of aromatic amines is 1. The molecule has 0 saturated carbocycles. The maximum Gasteiger partial charge on any atom is 0.348 e. The Kier molecular flexibility index (Phi) is 5.35. The van der Waals surface area contributed by atoms with Crippen LogP contribution in [0.15, 0.2) is 21.6 Å². The van der Waals surface area contributed by atoms with Crippen molar-refractivity contribution in [2.24, 2.45) is 0 Å². The van der Waals surface area contributed by atoms with Gasteiger partial charge in [0.2, 0.25) is 0 Å². The van der Waals surface area contributed by atoms with Crippen molar-refractivity contribution in [3.63, 3.8) is 0 Å². The van der Waals surface area contributed by atoms with E-state index in [1.807, 2.05) is 0 Å². The van der Waals surface area contributed by atoms with E-state index in [0.29, 0.717) is 39.1 Å². The molecule has 2 atom stereocenters. The lowest BCUT2D eigenvalue weighted by Crippen LogP contribution is -2.29. The molecule has 1 saturated heterocycles. The Balaban J connectivity index is 1.71. The summed E-state index contributed by atoms with van der Waals surface area (Å²) in [5.41, 5.74) is 1.78. The lowest BCUT2D eigenvalue weighted by Gasteiger charge is -2.29. The number of esters is 1. The third kappa shape index (κ3) is 3.29. The maximum absolute atomic E-state index is 12.8. The number of thiophene rings is 2. The number of aromatic nitrogens is 2. The molecule has 8 heteroatoms. The molecule has 28 heavy (non-hydrogen) atoms. The summed E-state index contributed by atoms with van der Waals surface area (Å²) in [4.78, 5) is 36.1. The van der Waals surface area contributed by atoms with Gasteiger partial charge in [0.05, 0.1) is 18.0 Å². The van der Waals surface area contributed by atoms with E-state index in [0.717, 1.165) is 19.4 Å². The number of carbonyl (C=O) groups excluding carboxylic acids is 1. The molecule has 1 fully saturated rings. The first kappa shape index (κ1) is 19.3. The molecule has 6 nitrogen and oxygen atoms in total. The highest BCUT2D eigenvalue weighted by Crippen LogP contribution is 2.38. The predicted molar refractivity (Wildman–Crippen MR) is 112 cm³/mol. The standard InChI is InChI=1S/C20H23N3O3S2/c1-4-26-20(25)16-11(2)15-18(24)21-17(22-19(15)28-16)12(3)23-8-5-6-14(23)13-7-9-27-10-13/h7,9-10,12,14H,4-6,8H2,1-3H3,(H,21,22,24). The molecule has 1 aliphatic rings. The first-order valence-corrected chi connectivity index (χ1v) is 11.3. The Morgan fingerprint density at radius 1 is 1.50 bits per heavy atom. The van der Waals surface area contributed by atoms with Gasteiger partial charge >= 0.3 is 5.97 Å². The van der Waals surface area contributed by atoms with Crippen LogP contribution in [0.2, 0.25) is 0 Å². The molecule has 148 valence electrons. The summed E-state index contributed by atoms with van der Waals surface area (Å²) in [5, 5.41) is 4.79. The maximum atomic E-state index is 12.8. The van der Waals surface area contributed by atoms with Crippen molar-refractivity contribution >= 4 is 38.9 Å². The minimum absolute atomic E-state index is 0.0158. The number of nitrogens with zero attached hydrogens (tertiary/aromatic N) is 2. The quantitative estimate of drug-likeness (QED) is 0.622. The summed E-state index contributed by atoms with van der Waals surface area (Å²) < 4.78 is 5.12. The Hall–Kier alpha value is -2.03. The molecule has 0 radical (unpaired) electrons. The molecule has 0 amide bonds. The molecule has 2 unspecified atom stereocenters. The van der Waals surface area contributed by atoms with Gasteiger partial charge in [-0.2, -0.15) is 11.3 Å². The van der Waals surface area contributed by atoms with Crippen LogP contribution in [0.5, 0.6) is 0 Å². The highest BCUT2D eigenvalue weighted by atomic mass is 32.1. The Morgan fingerprint density at radius 2 is 2.32 bits per heavy atom. The number of nitrogens with one attached hydrogen (secondary N) is 1. The van der Waals surface area contributed by atoms with Crippen molar-refractivity contribution in [1.29, 1.82) is 0 Å². The molecule has 3 aromatic rings. The number of carbonyl (C=O) groups is 1. The first-order valence-electron chi connectivity index (χ1n) is 9.49. The van der Waals surface area contributed by atoms with Crippen molar-refractivity contribution in [1.82, 2.24) is 14.9 Å². The number of rotatable bonds is 5. The van der Waals surface area contributed by atoms with E-state index in [9.17, 15) is 9.59 Å². The van der Waals surface area contributed by atoms with Gasteiger partial charge in [0, 0.05) is 6.04 Å². The van der Waals surface area contributed by atoms with Crippen molar-refractivity contribution in [3.8, 4) is 0 Å². The van der Waals surface area contributed by atoms with Crippen molar-refractivity contribution in [3.05, 3.63) is 49.0 Å². The van der Waals surface area contributed by atoms with Gasteiger partial charge < -0.3 is 9.72 Å². The van der Waals surface area contributed by atoms with Gasteiger partial charge in [0.1, 0.15) is 15.5 Å². The molecule has 0 aromatic carbocycles. The van der Waals surface area contributed by atoms with Gasteiger partial charge in [-0.05, 0) is 68.1 Å². The van der Waals surface area contributed by atoms with E-state index in [1.165, 1.54) is 16.9 Å². The number of ether oxygens (including phenoxy) is 1. The monoisotopic (exact) mass is 417 g/mol. The average Bonchev–Trinajstić information content (AvgIpc) is 3.40. The normalized spacial score (nSPS) is 18.6. The van der Waals surface area contributed by atoms with Gasteiger partial charge in [-0.25, -0.2) is 9.78 Å². The molecule has 1 aliphatic heterocycles. The zero-order valence-corrected chi connectivity index (χ0v) is 17.8. The summed E-state index contributed by atoms with van der Waals surface area (Å²) in [6, 6.07) is 2.51. The summed E-state index contributed by atoms with van der Waals surface area (Å²) >= 11 is 2.95. The fraction of sp³-hybridized carbons (Fsp3) is 0.450. The molecule has 0 bridgehead atoms. The van der Waals surface area contributed by atoms with Crippen LogP contribution in [0.3, 0.4) is 0 Å². The van der Waals surface area contributed by atoms with Crippen LogP contribution in [-0.4, -0.2) is 34.0 Å². The predicted octanol–water partition coefficient (Wildman–Crippen LogP) is 4.43. The van der Waals surface area contributed by atoms with Gasteiger partial charge in [-0.15, -0.1) is 11.3 Å². The largest absolute Gasteiger partial charge is 0.462 e. The van der Waals surface area contributed by atoms with Crippen molar-refractivity contribution in [2.45, 2.75) is 45.7 Å². The fourth-order valence-electron chi connectivity index (χ4n) is 3.98. The highest BCUT2D eigenvalue weighted by molar-refractivity contribution is 7.20. The number of aryl methyl sites for hydroxylation is 1. The van der Waals surface area contributed by atoms with Crippen LogP contribution >= 0.6 is 22.7 Å². The highest BCUT2D eigenvalue weighted by Gasteiger charge is 2.32. The Morgan fingerprint density at radius 3 is 3.04 bits per heavy atom. The van der Waals surface area contributed by atoms with E-state index in [-0.39, 0.29) is 11.6 Å². The molecular formula is C20H23N3O3S2. The molecule has 0 spiro atoms. The fourth-order valence-corrected chi connectivity index (χ4v) is 5.77.